The molecule has 0 aliphatic heterocycles. The van der Waals surface area contributed by atoms with Crippen LogP contribution < -0.4 is 15.8 Å². The Morgan fingerprint density at radius 3 is 2.66 bits per heavy atom. The molecule has 32 heavy (non-hydrogen) atoms. The van der Waals surface area contributed by atoms with Gasteiger partial charge in [0.1, 0.15) is 40.1 Å². The highest BCUT2D eigenvalue weighted by Crippen LogP contribution is 2.37. The average molecular weight is 468 g/mol. The lowest BCUT2D eigenvalue weighted by atomic mass is 10.0. The van der Waals surface area contributed by atoms with Crippen molar-refractivity contribution in [2.24, 2.45) is 0 Å². The monoisotopic (exact) mass is 467 g/mol. The lowest BCUT2D eigenvalue weighted by Crippen LogP contribution is -2.23. The maximum Gasteiger partial charge on any atom is 0.237 e. The molecule has 3 aromatic rings. The normalized spacial score (nSPS) is 11.3. The molecule has 8 nitrogen and oxygen atoms in total. The highest BCUT2D eigenvalue weighted by molar-refractivity contribution is 8.00. The summed E-state index contributed by atoms with van der Waals surface area (Å²) in [5.74, 6) is 0.337. The number of carbonyl (C=O) groups is 1. The van der Waals surface area contributed by atoms with E-state index in [0.717, 1.165) is 17.3 Å². The van der Waals surface area contributed by atoms with Gasteiger partial charge in [-0.3, -0.25) is 4.79 Å². The minimum absolute atomic E-state index is 0.0410. The van der Waals surface area contributed by atoms with Crippen molar-refractivity contribution in [3.63, 3.8) is 0 Å². The van der Waals surface area contributed by atoms with Crippen molar-refractivity contribution < 1.29 is 13.9 Å². The summed E-state index contributed by atoms with van der Waals surface area (Å²) in [4.78, 5) is 17.1. The number of hydrogen-bond acceptors (Lipinski definition) is 8. The van der Waals surface area contributed by atoms with Crippen LogP contribution in [0.25, 0.3) is 11.3 Å². The molecule has 0 saturated carbocycles. The minimum Gasteiger partial charge on any atom is -0.495 e. The van der Waals surface area contributed by atoms with E-state index < -0.39 is 5.25 Å². The summed E-state index contributed by atoms with van der Waals surface area (Å²) in [6, 6.07) is 10.6. The Kier molecular flexibility index (Phi) is 6.94. The number of nitrogens with zero attached hydrogens (tertiary/aromatic N) is 3. The Morgan fingerprint density at radius 1 is 1.34 bits per heavy atom. The number of aryl methyl sites for hydroxylation is 1. The number of carbonyl (C=O) groups excluding carboxylic acids is 1. The molecule has 3 rings (SSSR count). The molecule has 2 heterocycles. The maximum atomic E-state index is 12.9. The van der Waals surface area contributed by atoms with Crippen LogP contribution in [-0.4, -0.2) is 23.3 Å². The van der Waals surface area contributed by atoms with E-state index in [1.807, 2.05) is 13.0 Å². The van der Waals surface area contributed by atoms with Gasteiger partial charge < -0.3 is 20.2 Å². The highest BCUT2D eigenvalue weighted by Gasteiger charge is 2.25. The van der Waals surface area contributed by atoms with Gasteiger partial charge in [0.15, 0.2) is 0 Å². The Balaban J connectivity index is 1.94. The predicted molar refractivity (Wildman–Crippen MR) is 122 cm³/mol. The molecule has 1 unspecified atom stereocenters. The van der Waals surface area contributed by atoms with Crippen molar-refractivity contribution in [2.45, 2.75) is 24.1 Å². The van der Waals surface area contributed by atoms with Gasteiger partial charge in [0.25, 0.3) is 0 Å². The number of hydrogen-bond donors (Lipinski definition) is 2. The lowest BCUT2D eigenvalue weighted by Gasteiger charge is -2.16. The molecule has 0 radical (unpaired) electrons. The molecule has 3 N–H and O–H groups in total. The summed E-state index contributed by atoms with van der Waals surface area (Å²) in [7, 11) is 1.48. The molecule has 1 atom stereocenters. The second kappa shape index (κ2) is 9.65. The third-order valence-corrected chi connectivity index (χ3v) is 6.07. The van der Waals surface area contributed by atoms with Crippen molar-refractivity contribution in [2.75, 3.05) is 18.2 Å². The molecule has 2 aromatic heterocycles. The number of thioether (sulfide) groups is 1. The molecular weight excluding hydrogens is 450 g/mol. The van der Waals surface area contributed by atoms with E-state index in [1.54, 1.807) is 31.2 Å². The van der Waals surface area contributed by atoms with E-state index in [1.165, 1.54) is 13.4 Å². The second-order valence-electron chi connectivity index (χ2n) is 6.68. The average Bonchev–Trinajstić information content (AvgIpc) is 3.30. The standard InChI is InChI=1S/C22H18ClN5O3S/c1-11-7-16(18(30-3)8-15(11)23)27-21(29)12(2)32-22-14(10-25)19(17-5-4-6-31-17)13(9-24)20(26)28-22/h4-8,12H,1-3H3,(H2,26,28)(H,27,29). The van der Waals surface area contributed by atoms with Gasteiger partial charge in [-0.1, -0.05) is 23.4 Å². The zero-order valence-electron chi connectivity index (χ0n) is 17.4. The number of anilines is 2. The fraction of sp³-hybridized carbons (Fsp3) is 0.182. The molecule has 1 amide bonds. The highest BCUT2D eigenvalue weighted by atomic mass is 35.5. The first-order chi connectivity index (χ1) is 15.3. The van der Waals surface area contributed by atoms with Crippen LogP contribution in [0.15, 0.2) is 40.0 Å². The van der Waals surface area contributed by atoms with Crippen LogP contribution in [0.5, 0.6) is 5.75 Å². The van der Waals surface area contributed by atoms with Gasteiger partial charge in [-0.2, -0.15) is 10.5 Å². The Bertz CT molecular complexity index is 1260. The Labute approximate surface area is 193 Å². The minimum atomic E-state index is -0.660. The van der Waals surface area contributed by atoms with Crippen molar-refractivity contribution in [1.29, 1.82) is 10.5 Å². The summed E-state index contributed by atoms with van der Waals surface area (Å²) in [5, 5.41) is 22.2. The van der Waals surface area contributed by atoms with Gasteiger partial charge in [-0.05, 0) is 37.6 Å². The molecule has 162 valence electrons. The van der Waals surface area contributed by atoms with Gasteiger partial charge in [0.05, 0.1) is 35.4 Å². The molecule has 0 fully saturated rings. The second-order valence-corrected chi connectivity index (χ2v) is 8.42. The van der Waals surface area contributed by atoms with E-state index in [9.17, 15) is 15.3 Å². The summed E-state index contributed by atoms with van der Waals surface area (Å²) in [5.41, 5.74) is 7.62. The molecule has 0 saturated heterocycles. The quantitative estimate of drug-likeness (QED) is 0.495. The predicted octanol–water partition coefficient (Wildman–Crippen LogP) is 4.76. The lowest BCUT2D eigenvalue weighted by molar-refractivity contribution is -0.115. The van der Waals surface area contributed by atoms with Gasteiger partial charge in [0, 0.05) is 11.1 Å². The zero-order valence-corrected chi connectivity index (χ0v) is 19.0. The number of pyridine rings is 1. The van der Waals surface area contributed by atoms with Gasteiger partial charge in [-0.25, -0.2) is 4.98 Å². The summed E-state index contributed by atoms with van der Waals surface area (Å²) >= 11 is 7.17. The van der Waals surface area contributed by atoms with Gasteiger partial charge in [0.2, 0.25) is 5.91 Å². The Morgan fingerprint density at radius 2 is 2.06 bits per heavy atom. The first-order valence-corrected chi connectivity index (χ1v) is 10.6. The third-order valence-electron chi connectivity index (χ3n) is 4.58. The molecule has 0 aliphatic carbocycles. The van der Waals surface area contributed by atoms with E-state index >= 15 is 0 Å². The topological polar surface area (TPSA) is 138 Å². The summed E-state index contributed by atoms with van der Waals surface area (Å²) in [6.45, 7) is 3.48. The summed E-state index contributed by atoms with van der Waals surface area (Å²) < 4.78 is 10.7. The van der Waals surface area contributed by atoms with Crippen molar-refractivity contribution >= 4 is 40.8 Å². The van der Waals surface area contributed by atoms with Crippen molar-refractivity contribution in [3.8, 4) is 29.2 Å². The molecule has 10 heteroatoms. The molecule has 0 spiro atoms. The van der Waals surface area contributed by atoms with E-state index in [4.69, 9.17) is 26.5 Å². The number of nitrogens with two attached hydrogens (primary N) is 1. The number of benzene rings is 1. The number of ether oxygens (including phenoxy) is 1. The fourth-order valence-electron chi connectivity index (χ4n) is 2.94. The zero-order chi connectivity index (χ0) is 23.4. The third kappa shape index (κ3) is 4.50. The molecule has 1 aromatic carbocycles. The number of nitrogen functional groups attached to an aromatic ring is 1. The van der Waals surface area contributed by atoms with E-state index in [0.29, 0.717) is 22.2 Å². The van der Waals surface area contributed by atoms with Gasteiger partial charge >= 0.3 is 0 Å². The summed E-state index contributed by atoms with van der Waals surface area (Å²) in [6.07, 6.45) is 1.43. The van der Waals surface area contributed by atoms with Crippen LogP contribution in [0, 0.1) is 29.6 Å². The largest absolute Gasteiger partial charge is 0.495 e. The van der Waals surface area contributed by atoms with Crippen LogP contribution in [-0.2, 0) is 4.79 Å². The van der Waals surface area contributed by atoms with Crippen molar-refractivity contribution in [3.05, 3.63) is 52.2 Å². The number of aromatic nitrogens is 1. The van der Waals surface area contributed by atoms with Crippen LogP contribution >= 0.6 is 23.4 Å². The molecule has 0 aliphatic rings. The van der Waals surface area contributed by atoms with Crippen LogP contribution in [0.1, 0.15) is 23.6 Å². The maximum absolute atomic E-state index is 12.9. The number of nitrogens with one attached hydrogen (secondary N) is 1. The number of rotatable bonds is 6. The number of amides is 1. The first kappa shape index (κ1) is 23.0. The van der Waals surface area contributed by atoms with Crippen LogP contribution in [0.3, 0.4) is 0 Å². The molecule has 0 bridgehead atoms. The number of nitriles is 2. The SMILES string of the molecule is COc1cc(Cl)c(C)cc1NC(=O)C(C)Sc1nc(N)c(C#N)c(-c2ccco2)c1C#N. The van der Waals surface area contributed by atoms with Gasteiger partial charge in [-0.15, -0.1) is 0 Å². The van der Waals surface area contributed by atoms with Crippen LogP contribution in [0.2, 0.25) is 5.02 Å². The smallest absolute Gasteiger partial charge is 0.237 e. The fourth-order valence-corrected chi connectivity index (χ4v) is 4.01. The number of furan rings is 1. The van der Waals surface area contributed by atoms with E-state index in [2.05, 4.69) is 16.4 Å². The first-order valence-electron chi connectivity index (χ1n) is 9.29. The van der Waals surface area contributed by atoms with Crippen molar-refractivity contribution in [1.82, 2.24) is 4.98 Å². The molecular formula is C22H18ClN5O3S. The Hall–Kier alpha value is -3.66. The van der Waals surface area contributed by atoms with E-state index in [-0.39, 0.29) is 33.4 Å². The number of halogens is 1. The number of methoxy groups -OCH3 is 1. The van der Waals surface area contributed by atoms with Crippen LogP contribution in [0.4, 0.5) is 11.5 Å².